The first kappa shape index (κ1) is 26.7. The van der Waals surface area contributed by atoms with Gasteiger partial charge < -0.3 is 5.32 Å². The maximum Gasteiger partial charge on any atom is 0.264 e. The summed E-state index contributed by atoms with van der Waals surface area (Å²) in [6.07, 6.45) is 5.51. The molecule has 1 atom stereocenters. The minimum absolute atomic E-state index is 0.0611. The highest BCUT2D eigenvalue weighted by Gasteiger charge is 2.25. The van der Waals surface area contributed by atoms with Gasteiger partial charge in [0.15, 0.2) is 0 Å². The van der Waals surface area contributed by atoms with Crippen LogP contribution in [-0.4, -0.2) is 14.3 Å². The Kier molecular flexibility index (Phi) is 8.13. The molecule has 0 bridgehead atoms. The zero-order valence-electron chi connectivity index (χ0n) is 22.2. The second kappa shape index (κ2) is 11.9. The fraction of sp³-hybridized carbons (Fsp3) is 0.242. The molecule has 0 aromatic heterocycles. The SMILES string of the molecule is CCC(NC(=O)c1ccc(CN(c2ccccc2)S(=O)(=O)c2ccccc2)cc1)c1ccc2c(c1)CCCC2. The normalized spacial score (nSPS) is 13.8. The Labute approximate surface area is 231 Å². The maximum absolute atomic E-state index is 13.6. The van der Waals surface area contributed by atoms with Crippen molar-refractivity contribution >= 4 is 21.6 Å². The van der Waals surface area contributed by atoms with Gasteiger partial charge in [-0.05, 0) is 90.8 Å². The van der Waals surface area contributed by atoms with Crippen LogP contribution >= 0.6 is 0 Å². The third-order valence-corrected chi connectivity index (χ3v) is 9.19. The van der Waals surface area contributed by atoms with E-state index in [0.29, 0.717) is 11.3 Å². The Morgan fingerprint density at radius 3 is 2.13 bits per heavy atom. The van der Waals surface area contributed by atoms with E-state index in [1.165, 1.54) is 28.3 Å². The first-order valence-electron chi connectivity index (χ1n) is 13.6. The number of nitrogens with one attached hydrogen (secondary N) is 1. The molecule has 0 spiro atoms. The number of anilines is 1. The number of para-hydroxylation sites is 1. The van der Waals surface area contributed by atoms with Crippen molar-refractivity contribution in [2.24, 2.45) is 0 Å². The van der Waals surface area contributed by atoms with Gasteiger partial charge in [0, 0.05) is 5.56 Å². The van der Waals surface area contributed by atoms with Gasteiger partial charge in [-0.15, -0.1) is 0 Å². The molecule has 5 nitrogen and oxygen atoms in total. The fourth-order valence-corrected chi connectivity index (χ4v) is 6.66. The number of fused-ring (bicyclic) bond motifs is 1. The van der Waals surface area contributed by atoms with Gasteiger partial charge in [-0.3, -0.25) is 9.10 Å². The topological polar surface area (TPSA) is 66.5 Å². The van der Waals surface area contributed by atoms with Crippen LogP contribution in [-0.2, 0) is 29.4 Å². The molecule has 1 aliphatic rings. The fourth-order valence-electron chi connectivity index (χ4n) is 5.19. The molecule has 5 rings (SSSR count). The van der Waals surface area contributed by atoms with E-state index in [-0.39, 0.29) is 23.4 Å². The van der Waals surface area contributed by atoms with Crippen LogP contribution in [0.5, 0.6) is 0 Å². The second-order valence-electron chi connectivity index (χ2n) is 10.0. The minimum atomic E-state index is -3.78. The van der Waals surface area contributed by atoms with Crippen molar-refractivity contribution in [1.29, 1.82) is 0 Å². The zero-order chi connectivity index (χ0) is 27.2. The monoisotopic (exact) mass is 538 g/mol. The number of sulfonamides is 1. The predicted molar refractivity (Wildman–Crippen MR) is 156 cm³/mol. The van der Waals surface area contributed by atoms with Crippen molar-refractivity contribution in [3.63, 3.8) is 0 Å². The molecule has 0 radical (unpaired) electrons. The second-order valence-corrected chi connectivity index (χ2v) is 11.9. The van der Waals surface area contributed by atoms with Crippen molar-refractivity contribution in [2.75, 3.05) is 4.31 Å². The number of carbonyl (C=O) groups excluding carboxylic acids is 1. The van der Waals surface area contributed by atoms with Crippen LogP contribution in [0.4, 0.5) is 5.69 Å². The zero-order valence-corrected chi connectivity index (χ0v) is 23.0. The highest BCUT2D eigenvalue weighted by atomic mass is 32.2. The Morgan fingerprint density at radius 2 is 1.46 bits per heavy atom. The van der Waals surface area contributed by atoms with E-state index in [1.54, 1.807) is 54.6 Å². The van der Waals surface area contributed by atoms with Crippen LogP contribution in [0.2, 0.25) is 0 Å². The third-order valence-electron chi connectivity index (χ3n) is 7.41. The van der Waals surface area contributed by atoms with E-state index < -0.39 is 10.0 Å². The van der Waals surface area contributed by atoms with Crippen molar-refractivity contribution in [3.8, 4) is 0 Å². The molecule has 1 N–H and O–H groups in total. The third kappa shape index (κ3) is 6.07. The number of nitrogens with zero attached hydrogens (tertiary/aromatic N) is 1. The summed E-state index contributed by atoms with van der Waals surface area (Å²) in [5, 5.41) is 3.19. The van der Waals surface area contributed by atoms with E-state index in [9.17, 15) is 13.2 Å². The molecule has 1 unspecified atom stereocenters. The molecule has 0 saturated carbocycles. The highest BCUT2D eigenvalue weighted by molar-refractivity contribution is 7.92. The number of amides is 1. The molecule has 1 amide bonds. The molecule has 39 heavy (non-hydrogen) atoms. The van der Waals surface area contributed by atoms with Crippen LogP contribution < -0.4 is 9.62 Å². The van der Waals surface area contributed by atoms with E-state index in [4.69, 9.17) is 0 Å². The number of rotatable bonds is 9. The number of hydrogen-bond donors (Lipinski definition) is 1. The number of aryl methyl sites for hydroxylation is 2. The van der Waals surface area contributed by atoms with Gasteiger partial charge in [0.2, 0.25) is 0 Å². The van der Waals surface area contributed by atoms with Crippen LogP contribution in [0.15, 0.2) is 108 Å². The number of benzene rings is 4. The summed E-state index contributed by atoms with van der Waals surface area (Å²) in [5.74, 6) is -0.136. The molecule has 200 valence electrons. The quantitative estimate of drug-likeness (QED) is 0.254. The van der Waals surface area contributed by atoms with Gasteiger partial charge in [0.05, 0.1) is 23.2 Å². The molecular formula is C33H34N2O3S. The summed E-state index contributed by atoms with van der Waals surface area (Å²) < 4.78 is 28.5. The predicted octanol–water partition coefficient (Wildman–Crippen LogP) is 6.84. The van der Waals surface area contributed by atoms with Crippen LogP contribution in [0.25, 0.3) is 0 Å². The average molecular weight is 539 g/mol. The lowest BCUT2D eigenvalue weighted by Gasteiger charge is -2.25. The molecule has 1 aliphatic carbocycles. The lowest BCUT2D eigenvalue weighted by molar-refractivity contribution is 0.0935. The summed E-state index contributed by atoms with van der Waals surface area (Å²) in [5.41, 5.74) is 5.90. The van der Waals surface area contributed by atoms with Crippen LogP contribution in [0.1, 0.15) is 64.8 Å². The Balaban J connectivity index is 1.33. The van der Waals surface area contributed by atoms with Gasteiger partial charge in [-0.2, -0.15) is 0 Å². The molecule has 0 fully saturated rings. The molecule has 0 aliphatic heterocycles. The van der Waals surface area contributed by atoms with E-state index in [0.717, 1.165) is 30.4 Å². The van der Waals surface area contributed by atoms with E-state index in [2.05, 4.69) is 30.4 Å². The lowest BCUT2D eigenvalue weighted by atomic mass is 9.88. The molecule has 4 aromatic carbocycles. The summed E-state index contributed by atoms with van der Waals surface area (Å²) in [4.78, 5) is 13.4. The van der Waals surface area contributed by atoms with Gasteiger partial charge in [-0.1, -0.05) is 73.7 Å². The Hall–Kier alpha value is -3.90. The van der Waals surface area contributed by atoms with Crippen molar-refractivity contribution < 1.29 is 13.2 Å². The standard InChI is InChI=1S/C33H34N2O3S/c1-2-32(29-22-21-26-11-9-10-12-28(26)23-29)34-33(36)27-19-17-25(18-20-27)24-35(30-13-5-3-6-14-30)39(37,38)31-15-7-4-8-16-31/h3-8,13-23,32H,2,9-12,24H2,1H3,(H,34,36). The average Bonchev–Trinajstić information content (AvgIpc) is 2.99. The van der Waals surface area contributed by atoms with Crippen molar-refractivity contribution in [3.05, 3.63) is 131 Å². The van der Waals surface area contributed by atoms with Crippen molar-refractivity contribution in [2.45, 2.75) is 56.5 Å². The molecule has 6 heteroatoms. The minimum Gasteiger partial charge on any atom is -0.345 e. The lowest BCUT2D eigenvalue weighted by Crippen LogP contribution is -2.30. The van der Waals surface area contributed by atoms with E-state index in [1.807, 2.05) is 30.3 Å². The van der Waals surface area contributed by atoms with Crippen LogP contribution in [0, 0.1) is 0 Å². The first-order chi connectivity index (χ1) is 19.0. The van der Waals surface area contributed by atoms with Crippen LogP contribution in [0.3, 0.4) is 0 Å². The van der Waals surface area contributed by atoms with E-state index >= 15 is 0 Å². The number of hydrogen-bond acceptors (Lipinski definition) is 3. The Bertz CT molecular complexity index is 1520. The van der Waals surface area contributed by atoms with Gasteiger partial charge in [-0.25, -0.2) is 8.42 Å². The maximum atomic E-state index is 13.6. The number of carbonyl (C=O) groups is 1. The largest absolute Gasteiger partial charge is 0.345 e. The van der Waals surface area contributed by atoms with Gasteiger partial charge >= 0.3 is 0 Å². The molecule has 0 heterocycles. The van der Waals surface area contributed by atoms with Gasteiger partial charge in [0.1, 0.15) is 0 Å². The summed E-state index contributed by atoms with van der Waals surface area (Å²) in [7, 11) is -3.78. The van der Waals surface area contributed by atoms with Gasteiger partial charge in [0.25, 0.3) is 15.9 Å². The molecule has 4 aromatic rings. The molecular weight excluding hydrogens is 504 g/mol. The van der Waals surface area contributed by atoms with Crippen molar-refractivity contribution in [1.82, 2.24) is 5.32 Å². The smallest absolute Gasteiger partial charge is 0.264 e. The first-order valence-corrected chi connectivity index (χ1v) is 15.0. The molecule has 0 saturated heterocycles. The summed E-state index contributed by atoms with van der Waals surface area (Å²) >= 11 is 0. The summed E-state index contributed by atoms with van der Waals surface area (Å²) in [6, 6.07) is 31.3. The summed E-state index contributed by atoms with van der Waals surface area (Å²) in [6.45, 7) is 2.23. The Morgan fingerprint density at radius 1 is 0.821 bits per heavy atom. The highest BCUT2D eigenvalue weighted by Crippen LogP contribution is 2.28.